The Labute approximate surface area is 91.9 Å². The van der Waals surface area contributed by atoms with Crippen molar-refractivity contribution < 1.29 is 9.90 Å². The molecule has 1 atom stereocenters. The molecule has 0 saturated carbocycles. The second kappa shape index (κ2) is 3.90. The zero-order valence-corrected chi connectivity index (χ0v) is 8.55. The Kier molecular flexibility index (Phi) is 2.60. The number of carboxylic acids is 1. The van der Waals surface area contributed by atoms with Gasteiger partial charge in [-0.1, -0.05) is 23.8 Å². The molecule has 0 radical (unpaired) electrons. The molecule has 0 amide bonds. The molecule has 2 aliphatic heterocycles. The molecule has 4 nitrogen and oxygen atoms in total. The van der Waals surface area contributed by atoms with E-state index in [9.17, 15) is 4.79 Å². The van der Waals surface area contributed by atoms with E-state index in [-0.39, 0.29) is 6.04 Å². The Morgan fingerprint density at radius 3 is 3.27 bits per heavy atom. The zero-order chi connectivity index (χ0) is 10.8. The molecule has 0 saturated heterocycles. The molecule has 2 rings (SSSR count). The summed E-state index contributed by atoms with van der Waals surface area (Å²) in [7, 11) is 0. The van der Waals surface area contributed by atoms with Crippen LogP contribution in [-0.2, 0) is 4.79 Å². The minimum atomic E-state index is -0.982. The summed E-state index contributed by atoms with van der Waals surface area (Å²) in [6.07, 6.45) is 8.34. The van der Waals surface area contributed by atoms with Crippen LogP contribution in [0.15, 0.2) is 41.2 Å². The molecule has 78 valence electrons. The van der Waals surface area contributed by atoms with Gasteiger partial charge in [-0.15, -0.1) is 0 Å². The molecule has 0 fully saturated rings. The number of aliphatic carboxylic acids is 1. The number of carboxylic acid groups (broad SMARTS) is 1. The highest BCUT2D eigenvalue weighted by Gasteiger charge is 2.29. The lowest BCUT2D eigenvalue weighted by atomic mass is 10.2. The maximum absolute atomic E-state index is 10.4. The van der Waals surface area contributed by atoms with Crippen LogP contribution >= 0.6 is 11.6 Å². The number of hydrogen-bond donors (Lipinski definition) is 1. The van der Waals surface area contributed by atoms with Gasteiger partial charge in [-0.3, -0.25) is 0 Å². The van der Waals surface area contributed by atoms with Crippen molar-refractivity contribution in [3.05, 3.63) is 36.2 Å². The predicted molar refractivity (Wildman–Crippen MR) is 57.8 cm³/mol. The van der Waals surface area contributed by atoms with E-state index in [2.05, 4.69) is 4.99 Å². The second-order valence-corrected chi connectivity index (χ2v) is 3.57. The predicted octanol–water partition coefficient (Wildman–Crippen LogP) is 1.36. The van der Waals surface area contributed by atoms with Crippen molar-refractivity contribution in [3.8, 4) is 0 Å². The Hall–Kier alpha value is -1.55. The summed E-state index contributed by atoms with van der Waals surface area (Å²) < 4.78 is 0. The summed E-state index contributed by atoms with van der Waals surface area (Å²) in [5.74, 6) is -0.202. The van der Waals surface area contributed by atoms with Crippen molar-refractivity contribution in [1.82, 2.24) is 4.90 Å². The Bertz CT molecular complexity index is 410. The third-order valence-electron chi connectivity index (χ3n) is 2.20. The van der Waals surface area contributed by atoms with Gasteiger partial charge < -0.3 is 10.0 Å². The van der Waals surface area contributed by atoms with Crippen LogP contribution in [0.25, 0.3) is 0 Å². The monoisotopic (exact) mass is 224 g/mol. The van der Waals surface area contributed by atoms with Crippen LogP contribution in [-0.4, -0.2) is 33.7 Å². The number of rotatable bonds is 2. The van der Waals surface area contributed by atoms with Gasteiger partial charge in [-0.2, -0.15) is 0 Å². The van der Waals surface area contributed by atoms with Crippen molar-refractivity contribution >= 4 is 22.7 Å². The number of nitrogens with zero attached hydrogens (tertiary/aromatic N) is 2. The van der Waals surface area contributed by atoms with E-state index in [1.54, 1.807) is 0 Å². The van der Waals surface area contributed by atoms with Gasteiger partial charge >= 0.3 is 5.97 Å². The molecule has 0 aliphatic carbocycles. The molecule has 2 aliphatic rings. The van der Waals surface area contributed by atoms with E-state index in [0.29, 0.717) is 11.7 Å². The minimum absolute atomic E-state index is 0.251. The molecule has 15 heavy (non-hydrogen) atoms. The summed E-state index contributed by atoms with van der Waals surface area (Å²) in [5, 5.41) is 8.94. The molecule has 0 spiro atoms. The normalized spacial score (nSPS) is 24.1. The standard InChI is InChI=1S/C10H9ClN2O2/c11-10-7(4-5-9(14)15)13-6-2-1-3-8(13)12-10/h1-5,7H,6H2,(H,14,15)/b5-4+. The highest BCUT2D eigenvalue weighted by molar-refractivity contribution is 6.67. The summed E-state index contributed by atoms with van der Waals surface area (Å²) in [6, 6.07) is -0.251. The lowest BCUT2D eigenvalue weighted by Crippen LogP contribution is -2.32. The third-order valence-corrected chi connectivity index (χ3v) is 2.51. The average Bonchev–Trinajstić information content (AvgIpc) is 2.50. The fourth-order valence-corrected chi connectivity index (χ4v) is 1.81. The van der Waals surface area contributed by atoms with Crippen molar-refractivity contribution in [2.75, 3.05) is 6.54 Å². The minimum Gasteiger partial charge on any atom is -0.478 e. The van der Waals surface area contributed by atoms with Crippen LogP contribution in [0.4, 0.5) is 0 Å². The quantitative estimate of drug-likeness (QED) is 0.721. The van der Waals surface area contributed by atoms with E-state index in [4.69, 9.17) is 16.7 Å². The number of halogens is 1. The molecule has 2 heterocycles. The van der Waals surface area contributed by atoms with E-state index >= 15 is 0 Å². The first-order valence-corrected chi connectivity index (χ1v) is 4.85. The number of hydrogen-bond acceptors (Lipinski definition) is 3. The van der Waals surface area contributed by atoms with Gasteiger partial charge in [0.05, 0.1) is 0 Å². The third kappa shape index (κ3) is 1.94. The summed E-state index contributed by atoms with van der Waals surface area (Å²) in [6.45, 7) is 0.695. The van der Waals surface area contributed by atoms with Gasteiger partial charge in [-0.05, 0) is 12.2 Å². The van der Waals surface area contributed by atoms with Crippen molar-refractivity contribution in [2.24, 2.45) is 4.99 Å². The Morgan fingerprint density at radius 2 is 2.53 bits per heavy atom. The first-order chi connectivity index (χ1) is 7.18. The van der Waals surface area contributed by atoms with Gasteiger partial charge in [0, 0.05) is 12.6 Å². The zero-order valence-electron chi connectivity index (χ0n) is 7.80. The van der Waals surface area contributed by atoms with Crippen LogP contribution in [0, 0.1) is 0 Å². The van der Waals surface area contributed by atoms with E-state index in [0.717, 1.165) is 11.9 Å². The second-order valence-electron chi connectivity index (χ2n) is 3.18. The van der Waals surface area contributed by atoms with Crippen LogP contribution < -0.4 is 0 Å². The number of aliphatic imine (C=N–C) groups is 1. The lowest BCUT2D eigenvalue weighted by Gasteiger charge is -2.24. The highest BCUT2D eigenvalue weighted by atomic mass is 35.5. The molecule has 5 heteroatoms. The fourth-order valence-electron chi connectivity index (χ4n) is 1.54. The summed E-state index contributed by atoms with van der Waals surface area (Å²) >= 11 is 5.93. The largest absolute Gasteiger partial charge is 0.478 e. The fraction of sp³-hybridized carbons (Fsp3) is 0.200. The number of carbonyl (C=O) groups is 1. The molecular weight excluding hydrogens is 216 g/mol. The molecule has 0 aromatic heterocycles. The smallest absolute Gasteiger partial charge is 0.328 e. The molecule has 0 bridgehead atoms. The number of allylic oxidation sites excluding steroid dienone is 2. The molecule has 0 aromatic rings. The summed E-state index contributed by atoms with van der Waals surface area (Å²) in [4.78, 5) is 16.5. The highest BCUT2D eigenvalue weighted by Crippen LogP contribution is 2.25. The van der Waals surface area contributed by atoms with E-state index in [1.165, 1.54) is 6.08 Å². The van der Waals surface area contributed by atoms with Crippen LogP contribution in [0.1, 0.15) is 0 Å². The van der Waals surface area contributed by atoms with E-state index in [1.807, 2.05) is 23.1 Å². The van der Waals surface area contributed by atoms with Crippen molar-refractivity contribution in [3.63, 3.8) is 0 Å². The average molecular weight is 225 g/mol. The lowest BCUT2D eigenvalue weighted by molar-refractivity contribution is -0.131. The van der Waals surface area contributed by atoms with Crippen molar-refractivity contribution in [1.29, 1.82) is 0 Å². The molecule has 1 unspecified atom stereocenters. The summed E-state index contributed by atoms with van der Waals surface area (Å²) in [5.41, 5.74) is 0. The van der Waals surface area contributed by atoms with Crippen molar-refractivity contribution in [2.45, 2.75) is 6.04 Å². The van der Waals surface area contributed by atoms with Gasteiger partial charge in [0.25, 0.3) is 0 Å². The van der Waals surface area contributed by atoms with Crippen LogP contribution in [0.5, 0.6) is 0 Å². The number of fused-ring (bicyclic) bond motifs is 1. The first kappa shape index (κ1) is 9.98. The molecular formula is C10H9ClN2O2. The van der Waals surface area contributed by atoms with Gasteiger partial charge in [0.2, 0.25) is 0 Å². The SMILES string of the molecule is O=C(O)/C=C/C1C(Cl)=NC2=CC=CCN21. The van der Waals surface area contributed by atoms with Crippen LogP contribution in [0.3, 0.4) is 0 Å². The first-order valence-electron chi connectivity index (χ1n) is 4.47. The van der Waals surface area contributed by atoms with Gasteiger partial charge in [-0.25, -0.2) is 9.79 Å². The Balaban J connectivity index is 2.21. The Morgan fingerprint density at radius 1 is 1.73 bits per heavy atom. The van der Waals surface area contributed by atoms with Crippen LogP contribution in [0.2, 0.25) is 0 Å². The van der Waals surface area contributed by atoms with Gasteiger partial charge in [0.1, 0.15) is 17.0 Å². The molecule has 0 aromatic carbocycles. The van der Waals surface area contributed by atoms with E-state index < -0.39 is 5.97 Å². The van der Waals surface area contributed by atoms with Gasteiger partial charge in [0.15, 0.2) is 0 Å². The topological polar surface area (TPSA) is 52.9 Å². The maximum Gasteiger partial charge on any atom is 0.328 e. The molecule has 1 N–H and O–H groups in total. The maximum atomic E-state index is 10.4.